The number of rotatable bonds is 3. The van der Waals surface area contributed by atoms with Crippen LogP contribution in [0.5, 0.6) is 0 Å². The molecule has 0 aromatic heterocycles. The van der Waals surface area contributed by atoms with E-state index in [9.17, 15) is 8.76 Å². The van der Waals surface area contributed by atoms with Gasteiger partial charge < -0.3 is 4.55 Å². The molecule has 0 amide bonds. The molecule has 2 atom stereocenters. The molecule has 0 rings (SSSR count). The molecule has 0 fully saturated rings. The summed E-state index contributed by atoms with van der Waals surface area (Å²) in [6, 6.07) is 0. The van der Waals surface area contributed by atoms with Gasteiger partial charge in [0.1, 0.15) is 0 Å². The van der Waals surface area contributed by atoms with E-state index >= 15 is 0 Å². The maximum atomic E-state index is 9.91. The second-order valence-corrected chi connectivity index (χ2v) is 2.98. The molecule has 0 bridgehead atoms. The maximum absolute atomic E-state index is 9.91. The molecule has 50 valence electrons. The van der Waals surface area contributed by atoms with Crippen molar-refractivity contribution in [2.24, 2.45) is 5.92 Å². The van der Waals surface area contributed by atoms with E-state index < -0.39 is 11.1 Å². The zero-order chi connectivity index (χ0) is 6.57. The van der Waals surface area contributed by atoms with Crippen LogP contribution in [-0.2, 0) is 11.1 Å². The predicted molar refractivity (Wildman–Crippen MR) is 33.7 cm³/mol. The number of halogens is 1. The van der Waals surface area contributed by atoms with Gasteiger partial charge in [0.15, 0.2) is 0 Å². The second kappa shape index (κ2) is 7.51. The first-order valence-corrected chi connectivity index (χ1v) is 4.06. The fraction of sp³-hybridized carbons (Fsp3) is 1.00. The van der Waals surface area contributed by atoms with Gasteiger partial charge >= 0.3 is 29.6 Å². The molecule has 0 aromatic rings. The number of hydrogen-bond acceptors (Lipinski definition) is 2. The third kappa shape index (κ3) is 9.40. The molecule has 5 heteroatoms. The third-order valence-electron chi connectivity index (χ3n) is 0.684. The van der Waals surface area contributed by atoms with Crippen LogP contribution in [0.25, 0.3) is 0 Å². The summed E-state index contributed by atoms with van der Waals surface area (Å²) >= 11 is 3.39. The Kier molecular flexibility index (Phi) is 10.9. The van der Waals surface area contributed by atoms with Gasteiger partial charge in [-0.2, -0.15) is 0 Å². The Morgan fingerprint density at radius 3 is 2.33 bits per heavy atom. The molecule has 0 spiro atoms. The van der Waals surface area contributed by atoms with E-state index in [0.717, 1.165) is 0 Å². The molecule has 0 N–H and O–H groups in total. The Morgan fingerprint density at radius 2 is 2.22 bits per heavy atom. The summed E-state index contributed by atoms with van der Waals surface area (Å²) in [6.07, 6.45) is 0. The molecule has 0 saturated carbocycles. The Morgan fingerprint density at radius 1 is 1.78 bits per heavy atom. The molecule has 0 heterocycles. The molecule has 2 unspecified atom stereocenters. The van der Waals surface area contributed by atoms with Crippen LogP contribution in [0.3, 0.4) is 0 Å². The van der Waals surface area contributed by atoms with Gasteiger partial charge in [-0.1, -0.05) is 18.0 Å². The summed E-state index contributed by atoms with van der Waals surface area (Å²) in [5.41, 5.74) is 0. The predicted octanol–water partition coefficient (Wildman–Crippen LogP) is -2.26. The van der Waals surface area contributed by atoms with Crippen molar-refractivity contribution in [2.45, 2.75) is 6.92 Å². The molecule has 0 aliphatic heterocycles. The zero-order valence-corrected chi connectivity index (χ0v) is 9.17. The Balaban J connectivity index is 0. The van der Waals surface area contributed by atoms with Gasteiger partial charge in [-0.25, -0.2) is 0 Å². The van der Waals surface area contributed by atoms with E-state index in [1.807, 2.05) is 0 Å². The minimum absolute atomic E-state index is 0. The fourth-order valence-electron chi connectivity index (χ4n) is 0.277. The largest absolute Gasteiger partial charge is 1.00 e. The molecule has 0 aromatic carbocycles. The van der Waals surface area contributed by atoms with Crippen LogP contribution in [0, 0.1) is 5.92 Å². The van der Waals surface area contributed by atoms with Crippen LogP contribution in [0.2, 0.25) is 0 Å². The summed E-state index contributed by atoms with van der Waals surface area (Å²) in [6.45, 7) is 1.79. The average molecular weight is 179 g/mol. The quantitative estimate of drug-likeness (QED) is 0.278. The Bertz CT molecular complexity index is 90.6. The van der Waals surface area contributed by atoms with E-state index in [1.54, 1.807) is 6.92 Å². The van der Waals surface area contributed by atoms with Crippen LogP contribution >= 0.6 is 11.6 Å². The Labute approximate surface area is 84.9 Å². The molecule has 0 saturated heterocycles. The van der Waals surface area contributed by atoms with Crippen molar-refractivity contribution in [2.75, 3.05) is 11.6 Å². The first-order chi connectivity index (χ1) is 3.66. The third-order valence-corrected chi connectivity index (χ3v) is 2.05. The van der Waals surface area contributed by atoms with Crippen molar-refractivity contribution in [3.63, 3.8) is 0 Å². The SMILES string of the molecule is CC(CCl)CS(=O)[O-].[Na+]. The first kappa shape index (κ1) is 13.0. The van der Waals surface area contributed by atoms with Crippen LogP contribution < -0.4 is 29.6 Å². The van der Waals surface area contributed by atoms with Crippen molar-refractivity contribution in [1.29, 1.82) is 0 Å². The summed E-state index contributed by atoms with van der Waals surface area (Å²) in [5, 5.41) is 0. The van der Waals surface area contributed by atoms with Gasteiger partial charge in [0, 0.05) is 11.6 Å². The van der Waals surface area contributed by atoms with Gasteiger partial charge in [0.05, 0.1) is 0 Å². The van der Waals surface area contributed by atoms with Crippen LogP contribution in [0.4, 0.5) is 0 Å². The van der Waals surface area contributed by atoms with Crippen molar-refractivity contribution in [3.05, 3.63) is 0 Å². The van der Waals surface area contributed by atoms with Gasteiger partial charge in [-0.15, -0.1) is 11.6 Å². The van der Waals surface area contributed by atoms with Crippen LogP contribution in [0.15, 0.2) is 0 Å². The molecular formula is C4H8ClNaO2S. The summed E-state index contributed by atoms with van der Waals surface area (Å²) in [5.74, 6) is 0.660. The van der Waals surface area contributed by atoms with Crippen LogP contribution in [0.1, 0.15) is 6.92 Å². The monoisotopic (exact) mass is 178 g/mol. The summed E-state index contributed by atoms with van der Waals surface area (Å²) in [7, 11) is 0. The van der Waals surface area contributed by atoms with Gasteiger partial charge in [0.25, 0.3) is 0 Å². The minimum atomic E-state index is -1.93. The minimum Gasteiger partial charge on any atom is -0.772 e. The Hall–Kier alpha value is 1.40. The molecule has 0 aliphatic rings. The van der Waals surface area contributed by atoms with Gasteiger partial charge in [-0.05, 0) is 5.92 Å². The topological polar surface area (TPSA) is 40.1 Å². The van der Waals surface area contributed by atoms with Gasteiger partial charge in [-0.3, -0.25) is 4.21 Å². The van der Waals surface area contributed by atoms with E-state index in [0.29, 0.717) is 5.88 Å². The smallest absolute Gasteiger partial charge is 0.772 e. The fourth-order valence-corrected chi connectivity index (χ4v) is 1.10. The molecule has 0 radical (unpaired) electrons. The van der Waals surface area contributed by atoms with Crippen molar-refractivity contribution < 1.29 is 38.3 Å². The van der Waals surface area contributed by atoms with E-state index in [1.165, 1.54) is 0 Å². The number of hydrogen-bond donors (Lipinski definition) is 0. The first-order valence-electron chi connectivity index (χ1n) is 2.28. The molecule has 0 aliphatic carbocycles. The van der Waals surface area contributed by atoms with Crippen molar-refractivity contribution >= 4 is 22.7 Å². The number of alkyl halides is 1. The second-order valence-electron chi connectivity index (χ2n) is 1.73. The molecular weight excluding hydrogens is 171 g/mol. The molecule has 2 nitrogen and oxygen atoms in total. The van der Waals surface area contributed by atoms with E-state index in [4.69, 9.17) is 11.6 Å². The van der Waals surface area contributed by atoms with Gasteiger partial charge in [0.2, 0.25) is 0 Å². The average Bonchev–Trinajstić information content (AvgIpc) is 1.65. The standard InChI is InChI=1S/C4H9ClO2S.Na/c1-4(2-5)3-8(6)7;/h4H,2-3H2,1H3,(H,6,7);/q;+1/p-1. The zero-order valence-electron chi connectivity index (χ0n) is 5.59. The normalized spacial score (nSPS) is 15.9. The maximum Gasteiger partial charge on any atom is 1.00 e. The summed E-state index contributed by atoms with van der Waals surface area (Å²) < 4.78 is 19.8. The van der Waals surface area contributed by atoms with E-state index in [-0.39, 0.29) is 41.2 Å². The van der Waals surface area contributed by atoms with Crippen LogP contribution in [-0.4, -0.2) is 20.4 Å². The summed E-state index contributed by atoms with van der Waals surface area (Å²) in [4.78, 5) is 0. The molecule has 9 heavy (non-hydrogen) atoms. The van der Waals surface area contributed by atoms with Crippen molar-refractivity contribution in [1.82, 2.24) is 0 Å². The van der Waals surface area contributed by atoms with E-state index in [2.05, 4.69) is 0 Å². The van der Waals surface area contributed by atoms with Crippen molar-refractivity contribution in [3.8, 4) is 0 Å².